The number of nitrogens with one attached hydrogen (secondary N) is 2. The molecule has 2 amide bonds. The topological polar surface area (TPSA) is 144 Å². The molecule has 30 heavy (non-hydrogen) atoms. The van der Waals surface area contributed by atoms with Crippen LogP contribution in [0.1, 0.15) is 38.5 Å². The lowest BCUT2D eigenvalue weighted by atomic mass is 10.0. The average molecular weight is 420 g/mol. The van der Waals surface area contributed by atoms with Gasteiger partial charge in [0.05, 0.1) is 12.5 Å². The molecule has 5 N–H and O–H groups in total. The standard InChI is InChI=1S/C20H28N4O6/c1-3-14-19(28)15(12-25)30-20(14)24-11-10-16(21-13(24)2)22-17(26)8-6-4-5-7-9-18(27)23-29/h1,10-11,14-15,19-20,25,28-29H,2,4-9,12H2,(H,23,27)(H,21,22,26)/t14?,15?,19-,20?/m0/s1. The van der Waals surface area contributed by atoms with Crippen LogP contribution in [-0.2, 0) is 14.3 Å². The summed E-state index contributed by atoms with van der Waals surface area (Å²) in [7, 11) is 0. The Kier molecular flexibility index (Phi) is 9.01. The van der Waals surface area contributed by atoms with E-state index >= 15 is 0 Å². The summed E-state index contributed by atoms with van der Waals surface area (Å²) in [5, 5.41) is 30.6. The molecule has 0 radical (unpaired) electrons. The molecule has 2 aliphatic heterocycles. The van der Waals surface area contributed by atoms with E-state index in [-0.39, 0.29) is 24.8 Å². The van der Waals surface area contributed by atoms with E-state index in [2.05, 4.69) is 22.8 Å². The highest BCUT2D eigenvalue weighted by atomic mass is 16.5. The van der Waals surface area contributed by atoms with Gasteiger partial charge in [-0.15, -0.1) is 6.42 Å². The number of nitrogens with zero attached hydrogens (tertiary/aromatic N) is 2. The number of unbranched alkanes of at least 4 members (excludes halogenated alkanes) is 3. The van der Waals surface area contributed by atoms with E-state index in [9.17, 15) is 19.8 Å². The number of hydrogen-bond donors (Lipinski definition) is 5. The highest BCUT2D eigenvalue weighted by molar-refractivity contribution is 6.05. The summed E-state index contributed by atoms with van der Waals surface area (Å²) in [5.74, 6) is 1.82. The summed E-state index contributed by atoms with van der Waals surface area (Å²) in [5.41, 5.74) is 1.58. The third-order valence-corrected chi connectivity index (χ3v) is 4.91. The summed E-state index contributed by atoms with van der Waals surface area (Å²) in [4.78, 5) is 28.8. The van der Waals surface area contributed by atoms with Gasteiger partial charge in [0.1, 0.15) is 23.9 Å². The Morgan fingerprint density at radius 2 is 1.93 bits per heavy atom. The smallest absolute Gasteiger partial charge is 0.243 e. The fraction of sp³-hybridized carbons (Fsp3) is 0.550. The zero-order valence-electron chi connectivity index (χ0n) is 16.7. The van der Waals surface area contributed by atoms with Crippen molar-refractivity contribution in [1.82, 2.24) is 15.7 Å². The quantitative estimate of drug-likeness (QED) is 0.153. The van der Waals surface area contributed by atoms with Gasteiger partial charge in [-0.25, -0.2) is 10.5 Å². The van der Waals surface area contributed by atoms with Crippen LogP contribution in [-0.4, -0.2) is 63.0 Å². The number of amidine groups is 1. The van der Waals surface area contributed by atoms with Crippen LogP contribution >= 0.6 is 0 Å². The number of aliphatic hydroxyl groups is 2. The van der Waals surface area contributed by atoms with Crippen molar-refractivity contribution in [2.75, 3.05) is 6.61 Å². The van der Waals surface area contributed by atoms with E-state index in [1.54, 1.807) is 22.7 Å². The van der Waals surface area contributed by atoms with Crippen LogP contribution in [0.2, 0.25) is 0 Å². The maximum Gasteiger partial charge on any atom is 0.243 e. The first kappa shape index (κ1) is 23.6. The molecule has 0 aliphatic carbocycles. The van der Waals surface area contributed by atoms with Crippen LogP contribution < -0.4 is 10.8 Å². The van der Waals surface area contributed by atoms with E-state index < -0.39 is 30.3 Å². The van der Waals surface area contributed by atoms with Crippen LogP contribution in [0.5, 0.6) is 0 Å². The number of hydrogen-bond acceptors (Lipinski definition) is 8. The molecule has 10 nitrogen and oxygen atoms in total. The third-order valence-electron chi connectivity index (χ3n) is 4.91. The minimum atomic E-state index is -1.01. The van der Waals surface area contributed by atoms with E-state index in [0.29, 0.717) is 25.1 Å². The summed E-state index contributed by atoms with van der Waals surface area (Å²) in [6, 6.07) is 0. The minimum Gasteiger partial charge on any atom is -0.394 e. The lowest BCUT2D eigenvalue weighted by molar-refractivity contribution is -0.129. The molecule has 0 aromatic rings. The summed E-state index contributed by atoms with van der Waals surface area (Å²) in [6.45, 7) is 3.49. The van der Waals surface area contributed by atoms with Gasteiger partial charge in [0.15, 0.2) is 6.23 Å². The summed E-state index contributed by atoms with van der Waals surface area (Å²) < 4.78 is 5.64. The molecular formula is C20H28N4O6. The highest BCUT2D eigenvalue weighted by Crippen LogP contribution is 2.32. The number of amides is 2. The highest BCUT2D eigenvalue weighted by Gasteiger charge is 2.45. The molecule has 4 atom stereocenters. The van der Waals surface area contributed by atoms with Crippen molar-refractivity contribution in [1.29, 1.82) is 0 Å². The van der Waals surface area contributed by atoms with Gasteiger partial charge in [0.2, 0.25) is 11.8 Å². The first-order valence-corrected chi connectivity index (χ1v) is 9.78. The monoisotopic (exact) mass is 420 g/mol. The molecule has 10 heteroatoms. The Bertz CT molecular complexity index is 744. The van der Waals surface area contributed by atoms with Gasteiger partial charge in [0, 0.05) is 19.0 Å². The number of carbonyl (C=O) groups excluding carboxylic acids is 2. The van der Waals surface area contributed by atoms with Crippen LogP contribution in [0.3, 0.4) is 0 Å². The van der Waals surface area contributed by atoms with Gasteiger partial charge >= 0.3 is 0 Å². The molecule has 2 heterocycles. The number of carbonyl (C=O) groups is 2. The van der Waals surface area contributed by atoms with Crippen molar-refractivity contribution in [3.8, 4) is 12.3 Å². The predicted molar refractivity (Wildman–Crippen MR) is 107 cm³/mol. The fourth-order valence-electron chi connectivity index (χ4n) is 3.27. The second-order valence-electron chi connectivity index (χ2n) is 7.06. The molecule has 1 saturated heterocycles. The number of ether oxygens (including phenoxy) is 1. The molecule has 3 unspecified atom stereocenters. The lowest BCUT2D eigenvalue weighted by Gasteiger charge is -2.31. The SMILES string of the molecule is C#CC1C(N2C=CC(NC(=O)CCCCCCC(=O)NO)=NC2=C)OC(CO)[C@H]1O. The van der Waals surface area contributed by atoms with Crippen molar-refractivity contribution in [2.45, 2.75) is 57.0 Å². The molecule has 0 aromatic heterocycles. The molecule has 0 saturated carbocycles. The Hall–Kier alpha value is -2.71. The van der Waals surface area contributed by atoms with Gasteiger partial charge < -0.3 is 25.2 Å². The minimum absolute atomic E-state index is 0.192. The van der Waals surface area contributed by atoms with E-state index in [0.717, 1.165) is 12.8 Å². The lowest BCUT2D eigenvalue weighted by Crippen LogP contribution is -2.39. The van der Waals surface area contributed by atoms with Crippen molar-refractivity contribution in [3.63, 3.8) is 0 Å². The molecule has 0 bridgehead atoms. The fourth-order valence-corrected chi connectivity index (χ4v) is 3.27. The van der Waals surface area contributed by atoms with Gasteiger partial charge in [-0.05, 0) is 18.9 Å². The van der Waals surface area contributed by atoms with Crippen LogP contribution in [0.15, 0.2) is 29.7 Å². The van der Waals surface area contributed by atoms with Crippen molar-refractivity contribution in [3.05, 3.63) is 24.7 Å². The predicted octanol–water partition coefficient (Wildman–Crippen LogP) is -0.0249. The van der Waals surface area contributed by atoms with Gasteiger partial charge in [-0.2, -0.15) is 0 Å². The molecular weight excluding hydrogens is 392 g/mol. The summed E-state index contributed by atoms with van der Waals surface area (Å²) >= 11 is 0. The normalized spacial score (nSPS) is 25.6. The Balaban J connectivity index is 1.78. The van der Waals surface area contributed by atoms with Crippen molar-refractivity contribution in [2.24, 2.45) is 10.9 Å². The first-order valence-electron chi connectivity index (χ1n) is 9.78. The zero-order chi connectivity index (χ0) is 22.1. The summed E-state index contributed by atoms with van der Waals surface area (Å²) in [6.07, 6.45) is 9.61. The number of aliphatic imine (C=N–C) groups is 1. The Morgan fingerprint density at radius 3 is 2.50 bits per heavy atom. The molecule has 164 valence electrons. The van der Waals surface area contributed by atoms with Crippen LogP contribution in [0.4, 0.5) is 0 Å². The number of terminal acetylenes is 1. The van der Waals surface area contributed by atoms with E-state index in [1.165, 1.54) is 0 Å². The van der Waals surface area contributed by atoms with E-state index in [1.807, 2.05) is 0 Å². The average Bonchev–Trinajstić information content (AvgIpc) is 3.05. The zero-order valence-corrected chi connectivity index (χ0v) is 16.7. The maximum atomic E-state index is 12.1. The van der Waals surface area contributed by atoms with Gasteiger partial charge in [-0.3, -0.25) is 14.8 Å². The number of hydroxylamine groups is 1. The van der Waals surface area contributed by atoms with Gasteiger partial charge in [0.25, 0.3) is 0 Å². The third kappa shape index (κ3) is 6.14. The molecule has 2 aliphatic rings. The first-order chi connectivity index (χ1) is 14.4. The Labute approximate surface area is 175 Å². The Morgan fingerprint density at radius 1 is 1.27 bits per heavy atom. The largest absolute Gasteiger partial charge is 0.394 e. The molecule has 0 aromatic carbocycles. The van der Waals surface area contributed by atoms with Crippen molar-refractivity contribution >= 4 is 17.6 Å². The molecule has 0 spiro atoms. The van der Waals surface area contributed by atoms with Gasteiger partial charge in [-0.1, -0.05) is 25.3 Å². The number of aliphatic hydroxyl groups excluding tert-OH is 2. The van der Waals surface area contributed by atoms with Crippen LogP contribution in [0, 0.1) is 18.3 Å². The maximum absolute atomic E-state index is 12.1. The second-order valence-corrected chi connectivity index (χ2v) is 7.06. The molecule has 1 fully saturated rings. The number of rotatable bonds is 9. The van der Waals surface area contributed by atoms with Crippen LogP contribution in [0.25, 0.3) is 0 Å². The van der Waals surface area contributed by atoms with Crippen molar-refractivity contribution < 1.29 is 29.7 Å². The molecule has 2 rings (SSSR count). The van der Waals surface area contributed by atoms with E-state index in [4.69, 9.17) is 16.4 Å². The second kappa shape index (κ2) is 11.5.